The smallest absolute Gasteiger partial charge is 0.324 e. The van der Waals surface area contributed by atoms with Gasteiger partial charge in [0.05, 0.1) is 4.90 Å². The third-order valence-electron chi connectivity index (χ3n) is 1.33. The lowest BCUT2D eigenvalue weighted by Crippen LogP contribution is -2.06. The fraction of sp³-hybridized carbons (Fsp3) is 0. The summed E-state index contributed by atoms with van der Waals surface area (Å²) in [5, 5.41) is 10.5. The van der Waals surface area contributed by atoms with E-state index in [1.807, 2.05) is 0 Å². The van der Waals surface area contributed by atoms with E-state index in [1.165, 1.54) is 24.3 Å². The minimum atomic E-state index is -4.48. The van der Waals surface area contributed by atoms with E-state index in [-0.39, 0.29) is 4.90 Å². The number of benzene rings is 1. The Bertz CT molecular complexity index is 392. The Morgan fingerprint density at radius 2 is 1.71 bits per heavy atom. The van der Waals surface area contributed by atoms with Crippen molar-refractivity contribution in [3.05, 3.63) is 40.4 Å². The molecule has 0 aliphatic rings. The zero-order chi connectivity index (χ0) is 10.8. The molecule has 1 rings (SSSR count). The van der Waals surface area contributed by atoms with Crippen molar-refractivity contribution in [3.63, 3.8) is 0 Å². The average Bonchev–Trinajstić information content (AvgIpc) is 2.02. The Balaban J connectivity index is 3.38. The van der Waals surface area contributed by atoms with Gasteiger partial charge in [0.25, 0.3) is 0 Å². The van der Waals surface area contributed by atoms with Crippen LogP contribution >= 0.6 is 6.72 Å². The summed E-state index contributed by atoms with van der Waals surface area (Å²) in [7, 11) is -2.16. The Morgan fingerprint density at radius 3 is 2.07 bits per heavy atom. The molecule has 8 heteroatoms. The monoisotopic (exact) mass is 237 g/mol. The highest BCUT2D eigenvalue weighted by molar-refractivity contribution is 8.24. The molecule has 6 nitrogen and oxygen atoms in total. The molecule has 0 aliphatic carbocycles. The highest BCUT2D eigenvalue weighted by Gasteiger charge is 2.25. The molecule has 1 aromatic carbocycles. The lowest BCUT2D eigenvalue weighted by Gasteiger charge is -2.05. The topological polar surface area (TPSA) is 104 Å². The van der Waals surface area contributed by atoms with Crippen molar-refractivity contribution in [1.82, 2.24) is 0 Å². The molecule has 0 aromatic heterocycles. The van der Waals surface area contributed by atoms with E-state index in [0.717, 1.165) is 0 Å². The van der Waals surface area contributed by atoms with Crippen LogP contribution in [-0.4, -0.2) is 19.0 Å². The molecule has 1 atom stereocenters. The molecule has 14 heavy (non-hydrogen) atoms. The van der Waals surface area contributed by atoms with E-state index in [9.17, 15) is 10.1 Å². The molecule has 0 aliphatic heterocycles. The van der Waals surface area contributed by atoms with Crippen molar-refractivity contribution in [2.45, 2.75) is 4.90 Å². The van der Waals surface area contributed by atoms with Crippen LogP contribution in [0, 0.1) is 10.1 Å². The maximum atomic E-state index is 10.5. The van der Waals surface area contributed by atoms with Gasteiger partial charge in [-0.3, -0.25) is 10.1 Å². The summed E-state index contributed by atoms with van der Waals surface area (Å²) in [4.78, 5) is 37.3. The van der Waals surface area contributed by atoms with Crippen molar-refractivity contribution < 1.29 is 19.0 Å². The van der Waals surface area contributed by atoms with Crippen LogP contribution in [0.15, 0.2) is 35.2 Å². The van der Waals surface area contributed by atoms with E-state index in [0.29, 0.717) is 0 Å². The normalized spacial score (nSPS) is 13.6. The summed E-state index contributed by atoms with van der Waals surface area (Å²) in [5.41, 5.74) is 0. The van der Waals surface area contributed by atoms with Gasteiger partial charge >= 0.3 is 6.72 Å². The summed E-state index contributed by atoms with van der Waals surface area (Å²) >= 11 is 0. The first-order chi connectivity index (χ1) is 6.43. The van der Waals surface area contributed by atoms with Gasteiger partial charge in [-0.2, -0.15) is 0 Å². The molecule has 0 spiro atoms. The van der Waals surface area contributed by atoms with Crippen LogP contribution in [-0.2, 0) is 10.3 Å². The average molecular weight is 237 g/mol. The van der Waals surface area contributed by atoms with Crippen LogP contribution in [0.4, 0.5) is 0 Å². The zero-order valence-corrected chi connectivity index (χ0v) is 8.56. The van der Waals surface area contributed by atoms with Crippen LogP contribution in [0.3, 0.4) is 0 Å². The molecule has 0 radical (unpaired) electrons. The maximum Gasteiger partial charge on any atom is 0.349 e. The number of nitro groups is 1. The third kappa shape index (κ3) is 2.63. The maximum absolute atomic E-state index is 10.5. The molecule has 0 saturated carbocycles. The molecule has 78 valence electrons. The van der Waals surface area contributed by atoms with Crippen LogP contribution < -0.4 is 0 Å². The lowest BCUT2D eigenvalue weighted by molar-refractivity contribution is -0.289. The van der Waals surface area contributed by atoms with Crippen molar-refractivity contribution >= 4 is 17.0 Å². The summed E-state index contributed by atoms with van der Waals surface area (Å²) < 4.78 is -0.886. The Hall–Kier alpha value is -0.720. The molecular formula is C6H8NO5PS. The highest BCUT2D eigenvalue weighted by atomic mass is 32.5. The van der Waals surface area contributed by atoms with Gasteiger partial charge in [-0.05, 0) is 12.1 Å². The first-order valence-corrected chi connectivity index (χ1v) is 6.88. The lowest BCUT2D eigenvalue weighted by atomic mass is 10.4. The van der Waals surface area contributed by atoms with Gasteiger partial charge < -0.3 is 14.7 Å². The van der Waals surface area contributed by atoms with Crippen LogP contribution in [0.25, 0.3) is 0 Å². The van der Waals surface area contributed by atoms with Gasteiger partial charge in [0, 0.05) is 0 Å². The van der Waals surface area contributed by atoms with Crippen molar-refractivity contribution in [2.75, 3.05) is 0 Å². The second-order valence-electron chi connectivity index (χ2n) is 2.31. The summed E-state index contributed by atoms with van der Waals surface area (Å²) in [6.45, 7) is -4.48. The molecular weight excluding hydrogens is 229 g/mol. The van der Waals surface area contributed by atoms with Crippen molar-refractivity contribution in [1.29, 1.82) is 0 Å². The van der Waals surface area contributed by atoms with Gasteiger partial charge in [0.1, 0.15) is 4.33 Å². The van der Waals surface area contributed by atoms with E-state index < -0.39 is 21.3 Å². The molecule has 0 saturated heterocycles. The molecule has 0 bridgehead atoms. The Labute approximate surface area is 81.9 Å². The van der Waals surface area contributed by atoms with E-state index in [2.05, 4.69) is 0 Å². The zero-order valence-electron chi connectivity index (χ0n) is 6.85. The van der Waals surface area contributed by atoms with Crippen molar-refractivity contribution in [2.24, 2.45) is 0 Å². The molecule has 0 fully saturated rings. The van der Waals surface area contributed by atoms with Gasteiger partial charge in [-0.25, -0.2) is 0 Å². The van der Waals surface area contributed by atoms with E-state index >= 15 is 0 Å². The first-order valence-electron chi connectivity index (χ1n) is 3.45. The van der Waals surface area contributed by atoms with Gasteiger partial charge in [-0.1, -0.05) is 18.2 Å². The molecule has 1 unspecified atom stereocenters. The summed E-state index contributed by atoms with van der Waals surface area (Å²) in [6.07, 6.45) is 0. The van der Waals surface area contributed by atoms with Gasteiger partial charge in [-0.15, -0.1) is 0 Å². The van der Waals surface area contributed by atoms with E-state index in [1.54, 1.807) is 6.07 Å². The molecule has 3 N–H and O–H groups in total. The first kappa shape index (κ1) is 11.4. The molecule has 0 amide bonds. The SMILES string of the molecule is O=[N+]([O-])S(c1ccccc1)=P(O)(O)O. The fourth-order valence-corrected chi connectivity index (χ4v) is 3.64. The van der Waals surface area contributed by atoms with Crippen LogP contribution in [0.2, 0.25) is 0 Å². The predicted molar refractivity (Wildman–Crippen MR) is 52.6 cm³/mol. The Kier molecular flexibility index (Phi) is 3.41. The number of hydrogen-bond acceptors (Lipinski definition) is 2. The van der Waals surface area contributed by atoms with E-state index in [4.69, 9.17) is 14.7 Å². The molecule has 1 aromatic rings. The van der Waals surface area contributed by atoms with Gasteiger partial charge in [0.15, 0.2) is 0 Å². The number of rotatable bonds is 2. The van der Waals surface area contributed by atoms with Crippen LogP contribution in [0.5, 0.6) is 0 Å². The third-order valence-corrected chi connectivity index (χ3v) is 5.19. The summed E-state index contributed by atoms with van der Waals surface area (Å²) in [5.74, 6) is 0. The second kappa shape index (κ2) is 4.20. The van der Waals surface area contributed by atoms with Crippen LogP contribution in [0.1, 0.15) is 0 Å². The minimum Gasteiger partial charge on any atom is -0.324 e. The quantitative estimate of drug-likeness (QED) is 0.395. The largest absolute Gasteiger partial charge is 0.349 e. The number of hydrogen-bond donors (Lipinski definition) is 3. The number of nitrogens with zero attached hydrogens (tertiary/aromatic N) is 1. The molecule has 0 heterocycles. The van der Waals surface area contributed by atoms with Crippen molar-refractivity contribution in [3.8, 4) is 0 Å². The minimum absolute atomic E-state index is 0.0957. The highest BCUT2D eigenvalue weighted by Crippen LogP contribution is 2.39. The summed E-state index contributed by atoms with van der Waals surface area (Å²) in [6, 6.07) is 7.41. The second-order valence-corrected chi connectivity index (χ2v) is 7.15. The standard InChI is InChI=1S/C6H8NO5PS/c8-7(9)14(13(10,11)12)6-4-2-1-3-5-6/h1-5,10-12H. The fourth-order valence-electron chi connectivity index (χ4n) is 0.859. The Morgan fingerprint density at radius 1 is 1.21 bits per heavy atom. The predicted octanol–water partition coefficient (Wildman–Crippen LogP) is 0.510. The van der Waals surface area contributed by atoms with Gasteiger partial charge in [0.2, 0.25) is 10.3 Å².